The molecule has 1 aromatic rings. The van der Waals surface area contributed by atoms with Gasteiger partial charge in [-0.2, -0.15) is 0 Å². The van der Waals surface area contributed by atoms with E-state index < -0.39 is 4.92 Å². The summed E-state index contributed by atoms with van der Waals surface area (Å²) in [4.78, 5) is 21.0. The molecule has 7 nitrogen and oxygen atoms in total. The Balaban J connectivity index is 2.40. The second-order valence-corrected chi connectivity index (χ2v) is 5.52. The Hall–Kier alpha value is -1.92. The summed E-state index contributed by atoms with van der Waals surface area (Å²) in [6.45, 7) is 8.34. The third-order valence-electron chi connectivity index (χ3n) is 3.31. The standard InChI is InChI=1S/C12H19N5O2/c1-4-13-10-9(17(18)19)11(15-8-14-10)16-6-5-12(2,3)7-16/h8H,4-7H2,1-3H3,(H,13,14,15). The van der Waals surface area contributed by atoms with Crippen LogP contribution in [0.4, 0.5) is 17.3 Å². The van der Waals surface area contributed by atoms with Gasteiger partial charge in [0.25, 0.3) is 0 Å². The van der Waals surface area contributed by atoms with Crippen LogP contribution < -0.4 is 10.2 Å². The second-order valence-electron chi connectivity index (χ2n) is 5.52. The predicted octanol–water partition coefficient (Wildman–Crippen LogP) is 2.05. The van der Waals surface area contributed by atoms with Crippen molar-refractivity contribution >= 4 is 17.3 Å². The molecule has 1 aliphatic rings. The van der Waals surface area contributed by atoms with Crippen molar-refractivity contribution in [2.75, 3.05) is 29.9 Å². The summed E-state index contributed by atoms with van der Waals surface area (Å²) >= 11 is 0. The molecule has 0 aliphatic carbocycles. The number of aromatic nitrogens is 2. The summed E-state index contributed by atoms with van der Waals surface area (Å²) in [5.74, 6) is 0.712. The number of hydrogen-bond acceptors (Lipinski definition) is 6. The Morgan fingerprint density at radius 2 is 2.26 bits per heavy atom. The van der Waals surface area contributed by atoms with Crippen molar-refractivity contribution in [3.63, 3.8) is 0 Å². The average molecular weight is 265 g/mol. The van der Waals surface area contributed by atoms with E-state index in [2.05, 4.69) is 29.1 Å². The lowest BCUT2D eigenvalue weighted by molar-refractivity contribution is -0.383. The van der Waals surface area contributed by atoms with Crippen molar-refractivity contribution in [2.24, 2.45) is 5.41 Å². The lowest BCUT2D eigenvalue weighted by Gasteiger charge is -2.20. The molecule has 1 aliphatic heterocycles. The van der Waals surface area contributed by atoms with Crippen LogP contribution in [0.2, 0.25) is 0 Å². The highest BCUT2D eigenvalue weighted by Crippen LogP contribution is 2.37. The summed E-state index contributed by atoms with van der Waals surface area (Å²) in [6.07, 6.45) is 2.39. The molecular weight excluding hydrogens is 246 g/mol. The van der Waals surface area contributed by atoms with Crippen molar-refractivity contribution in [2.45, 2.75) is 27.2 Å². The number of nitro groups is 1. The number of hydrogen-bond donors (Lipinski definition) is 1. The average Bonchev–Trinajstić information content (AvgIpc) is 2.69. The molecule has 0 spiro atoms. The Morgan fingerprint density at radius 1 is 1.53 bits per heavy atom. The largest absolute Gasteiger partial charge is 0.364 e. The van der Waals surface area contributed by atoms with Gasteiger partial charge in [0.05, 0.1) is 4.92 Å². The number of anilines is 2. The number of nitrogens with one attached hydrogen (secondary N) is 1. The van der Waals surface area contributed by atoms with Gasteiger partial charge < -0.3 is 10.2 Å². The van der Waals surface area contributed by atoms with Crippen LogP contribution in [0, 0.1) is 15.5 Å². The molecule has 1 aromatic heterocycles. The first-order valence-corrected chi connectivity index (χ1v) is 6.43. The van der Waals surface area contributed by atoms with Gasteiger partial charge >= 0.3 is 5.69 Å². The van der Waals surface area contributed by atoms with Crippen LogP contribution in [-0.2, 0) is 0 Å². The maximum Gasteiger partial charge on any atom is 0.353 e. The van der Waals surface area contributed by atoms with Gasteiger partial charge in [0, 0.05) is 19.6 Å². The fourth-order valence-electron chi connectivity index (χ4n) is 2.36. The molecule has 0 radical (unpaired) electrons. The van der Waals surface area contributed by atoms with Crippen molar-refractivity contribution in [3.05, 3.63) is 16.4 Å². The van der Waals surface area contributed by atoms with Gasteiger partial charge in [0.1, 0.15) is 6.33 Å². The van der Waals surface area contributed by atoms with Gasteiger partial charge in [-0.15, -0.1) is 0 Å². The molecule has 1 N–H and O–H groups in total. The first kappa shape index (κ1) is 13.5. The van der Waals surface area contributed by atoms with Gasteiger partial charge in [0.2, 0.25) is 11.6 Å². The Labute approximate surface area is 112 Å². The van der Waals surface area contributed by atoms with E-state index in [1.54, 1.807) is 0 Å². The SMILES string of the molecule is CCNc1ncnc(N2CCC(C)(C)C2)c1[N+](=O)[O-]. The number of rotatable bonds is 4. The molecule has 2 rings (SSSR count). The summed E-state index contributed by atoms with van der Waals surface area (Å²) in [7, 11) is 0. The summed E-state index contributed by atoms with van der Waals surface area (Å²) < 4.78 is 0. The topological polar surface area (TPSA) is 84.2 Å². The van der Waals surface area contributed by atoms with Gasteiger partial charge in [-0.1, -0.05) is 13.8 Å². The van der Waals surface area contributed by atoms with E-state index in [0.29, 0.717) is 18.2 Å². The van der Waals surface area contributed by atoms with Crippen LogP contribution in [0.15, 0.2) is 6.33 Å². The Bertz CT molecular complexity index is 489. The smallest absolute Gasteiger partial charge is 0.353 e. The Kier molecular flexibility index (Phi) is 3.55. The lowest BCUT2D eigenvalue weighted by Crippen LogP contribution is -2.25. The molecule has 19 heavy (non-hydrogen) atoms. The van der Waals surface area contributed by atoms with Crippen LogP contribution in [0.5, 0.6) is 0 Å². The zero-order valence-electron chi connectivity index (χ0n) is 11.5. The van der Waals surface area contributed by atoms with Crippen LogP contribution in [0.25, 0.3) is 0 Å². The van der Waals surface area contributed by atoms with Crippen molar-refractivity contribution in [3.8, 4) is 0 Å². The predicted molar refractivity (Wildman–Crippen MR) is 73.5 cm³/mol. The van der Waals surface area contributed by atoms with Crippen molar-refractivity contribution in [1.29, 1.82) is 0 Å². The van der Waals surface area contributed by atoms with Gasteiger partial charge in [-0.25, -0.2) is 9.97 Å². The molecule has 1 saturated heterocycles. The number of nitrogens with zero attached hydrogens (tertiary/aromatic N) is 4. The van der Waals surface area contributed by atoms with E-state index >= 15 is 0 Å². The molecule has 0 bridgehead atoms. The van der Waals surface area contributed by atoms with Gasteiger partial charge in [-0.05, 0) is 18.8 Å². The molecule has 1 fully saturated rings. The van der Waals surface area contributed by atoms with Crippen molar-refractivity contribution < 1.29 is 4.92 Å². The van der Waals surface area contributed by atoms with E-state index in [0.717, 1.165) is 19.5 Å². The minimum Gasteiger partial charge on any atom is -0.364 e. The molecule has 2 heterocycles. The summed E-state index contributed by atoms with van der Waals surface area (Å²) in [5.41, 5.74) is 0.138. The lowest BCUT2D eigenvalue weighted by atomic mass is 9.93. The fraction of sp³-hybridized carbons (Fsp3) is 0.667. The third-order valence-corrected chi connectivity index (χ3v) is 3.31. The molecular formula is C12H19N5O2. The monoisotopic (exact) mass is 265 g/mol. The maximum atomic E-state index is 11.3. The normalized spacial score (nSPS) is 17.5. The van der Waals surface area contributed by atoms with Crippen LogP contribution in [0.3, 0.4) is 0 Å². The van der Waals surface area contributed by atoms with E-state index in [9.17, 15) is 10.1 Å². The van der Waals surface area contributed by atoms with Crippen LogP contribution in [0.1, 0.15) is 27.2 Å². The minimum absolute atomic E-state index is 0.0259. The maximum absolute atomic E-state index is 11.3. The fourth-order valence-corrected chi connectivity index (χ4v) is 2.36. The first-order chi connectivity index (χ1) is 8.94. The van der Waals surface area contributed by atoms with E-state index in [1.807, 2.05) is 11.8 Å². The molecule has 0 saturated carbocycles. The molecule has 7 heteroatoms. The quantitative estimate of drug-likeness (QED) is 0.662. The highest BCUT2D eigenvalue weighted by molar-refractivity contribution is 5.70. The van der Waals surface area contributed by atoms with Gasteiger partial charge in [-0.3, -0.25) is 10.1 Å². The highest BCUT2D eigenvalue weighted by atomic mass is 16.6. The zero-order chi connectivity index (χ0) is 14.0. The summed E-state index contributed by atoms with van der Waals surface area (Å²) in [6, 6.07) is 0. The second kappa shape index (κ2) is 4.99. The van der Waals surface area contributed by atoms with E-state index in [1.165, 1.54) is 6.33 Å². The van der Waals surface area contributed by atoms with Gasteiger partial charge in [0.15, 0.2) is 0 Å². The van der Waals surface area contributed by atoms with E-state index in [-0.39, 0.29) is 11.1 Å². The first-order valence-electron chi connectivity index (χ1n) is 6.43. The highest BCUT2D eigenvalue weighted by Gasteiger charge is 2.35. The van der Waals surface area contributed by atoms with E-state index in [4.69, 9.17) is 0 Å². The molecule has 0 aromatic carbocycles. The molecule has 0 unspecified atom stereocenters. The third kappa shape index (κ3) is 2.74. The van der Waals surface area contributed by atoms with Crippen LogP contribution >= 0.6 is 0 Å². The Morgan fingerprint density at radius 3 is 2.79 bits per heavy atom. The molecule has 0 amide bonds. The van der Waals surface area contributed by atoms with Crippen molar-refractivity contribution in [1.82, 2.24) is 9.97 Å². The molecule has 0 atom stereocenters. The van der Waals surface area contributed by atoms with Crippen LogP contribution in [-0.4, -0.2) is 34.5 Å². The molecule has 104 valence electrons. The minimum atomic E-state index is -0.404. The summed E-state index contributed by atoms with van der Waals surface area (Å²) in [5, 5.41) is 14.2. The zero-order valence-corrected chi connectivity index (χ0v) is 11.5.